The molecule has 0 saturated carbocycles. The van der Waals surface area contributed by atoms with Crippen LogP contribution in [0.25, 0.3) is 22.0 Å². The Bertz CT molecular complexity index is 922. The number of rotatable bonds is 3. The molecule has 0 bridgehead atoms. The summed E-state index contributed by atoms with van der Waals surface area (Å²) in [6.07, 6.45) is -2.89. The first kappa shape index (κ1) is 15.7. The molecule has 24 heavy (non-hydrogen) atoms. The number of ether oxygens (including phenoxy) is 1. The molecule has 0 fully saturated rings. The van der Waals surface area contributed by atoms with Crippen molar-refractivity contribution in [3.05, 3.63) is 48.2 Å². The van der Waals surface area contributed by atoms with Crippen molar-refractivity contribution < 1.29 is 23.0 Å². The number of aromatic amines is 1. The van der Waals surface area contributed by atoms with Crippen LogP contribution in [0.15, 0.2) is 42.6 Å². The third kappa shape index (κ3) is 2.99. The maximum Gasteiger partial charge on any atom is 0.573 e. The van der Waals surface area contributed by atoms with E-state index in [-0.39, 0.29) is 17.9 Å². The van der Waals surface area contributed by atoms with Gasteiger partial charge in [0.25, 0.3) is 0 Å². The number of benzene rings is 2. The molecule has 1 heterocycles. The minimum Gasteiger partial charge on any atom is -0.505 e. The molecule has 122 valence electrons. The van der Waals surface area contributed by atoms with E-state index in [1.165, 1.54) is 24.3 Å². The molecule has 0 aliphatic carbocycles. The Balaban J connectivity index is 1.98. The Kier molecular flexibility index (Phi) is 3.81. The van der Waals surface area contributed by atoms with Crippen LogP contribution in [0.2, 0.25) is 0 Å². The van der Waals surface area contributed by atoms with Crippen LogP contribution < -0.4 is 4.74 Å². The zero-order valence-corrected chi connectivity index (χ0v) is 12.2. The molecule has 0 spiro atoms. The summed E-state index contributed by atoms with van der Waals surface area (Å²) in [6, 6.07) is 10.7. The maximum atomic E-state index is 12.2. The number of aromatic hydroxyl groups is 1. The smallest absolute Gasteiger partial charge is 0.505 e. The first-order valence-electron chi connectivity index (χ1n) is 6.94. The minimum atomic E-state index is -4.75. The van der Waals surface area contributed by atoms with Gasteiger partial charge >= 0.3 is 6.36 Å². The second-order valence-electron chi connectivity index (χ2n) is 5.11. The average molecular weight is 332 g/mol. The molecule has 0 amide bonds. The second-order valence-corrected chi connectivity index (χ2v) is 5.11. The highest BCUT2D eigenvalue weighted by atomic mass is 19.4. The molecule has 0 atom stereocenters. The number of alkyl halides is 3. The van der Waals surface area contributed by atoms with Crippen LogP contribution in [0.1, 0.15) is 5.56 Å². The Morgan fingerprint density at radius 3 is 2.46 bits per heavy atom. The van der Waals surface area contributed by atoms with E-state index in [0.29, 0.717) is 16.6 Å². The minimum absolute atomic E-state index is 0.0267. The summed E-state index contributed by atoms with van der Waals surface area (Å²) in [6.45, 7) is 0. The van der Waals surface area contributed by atoms with Crippen LogP contribution in [-0.2, 0) is 6.42 Å². The highest BCUT2D eigenvalue weighted by Gasteiger charge is 2.31. The Morgan fingerprint density at radius 2 is 1.83 bits per heavy atom. The van der Waals surface area contributed by atoms with Crippen LogP contribution in [0.3, 0.4) is 0 Å². The molecule has 0 aliphatic rings. The van der Waals surface area contributed by atoms with E-state index in [4.69, 9.17) is 5.26 Å². The lowest BCUT2D eigenvalue weighted by molar-refractivity contribution is -0.274. The monoisotopic (exact) mass is 332 g/mol. The molecular weight excluding hydrogens is 321 g/mol. The summed E-state index contributed by atoms with van der Waals surface area (Å²) in [5, 5.41) is 19.9. The van der Waals surface area contributed by atoms with Crippen molar-refractivity contribution in [2.45, 2.75) is 12.8 Å². The Labute approximate surface area is 134 Å². The topological polar surface area (TPSA) is 69.0 Å². The van der Waals surface area contributed by atoms with Crippen LogP contribution in [0, 0.1) is 11.3 Å². The van der Waals surface area contributed by atoms with Gasteiger partial charge in [-0.15, -0.1) is 13.2 Å². The van der Waals surface area contributed by atoms with E-state index >= 15 is 0 Å². The fourth-order valence-electron chi connectivity index (χ4n) is 2.54. The molecular formula is C17H11F3N2O2. The van der Waals surface area contributed by atoms with Gasteiger partial charge in [0.1, 0.15) is 11.5 Å². The number of nitrogens with one attached hydrogen (secondary N) is 1. The van der Waals surface area contributed by atoms with Gasteiger partial charge in [0, 0.05) is 17.1 Å². The number of H-pyrrole nitrogens is 1. The van der Waals surface area contributed by atoms with Gasteiger partial charge in [0.15, 0.2) is 0 Å². The summed E-state index contributed by atoms with van der Waals surface area (Å²) < 4.78 is 40.4. The Hall–Kier alpha value is -3.14. The van der Waals surface area contributed by atoms with Crippen molar-refractivity contribution in [3.63, 3.8) is 0 Å². The quantitative estimate of drug-likeness (QED) is 0.742. The highest BCUT2D eigenvalue weighted by Crippen LogP contribution is 2.37. The van der Waals surface area contributed by atoms with Gasteiger partial charge in [0.05, 0.1) is 18.0 Å². The molecule has 0 unspecified atom stereocenters. The van der Waals surface area contributed by atoms with Crippen molar-refractivity contribution >= 4 is 10.9 Å². The molecule has 3 rings (SSSR count). The fraction of sp³-hybridized carbons (Fsp3) is 0.118. The lowest BCUT2D eigenvalue weighted by atomic mass is 10.0. The summed E-state index contributed by atoms with van der Waals surface area (Å²) in [4.78, 5) is 2.92. The van der Waals surface area contributed by atoms with Crippen molar-refractivity contribution in [1.29, 1.82) is 5.26 Å². The number of hydrogen-bond acceptors (Lipinski definition) is 3. The number of hydrogen-bond donors (Lipinski definition) is 2. The van der Waals surface area contributed by atoms with Crippen LogP contribution >= 0.6 is 0 Å². The molecule has 0 aliphatic heterocycles. The number of nitriles is 1. The molecule has 2 N–H and O–H groups in total. The third-order valence-corrected chi connectivity index (χ3v) is 3.58. The van der Waals surface area contributed by atoms with E-state index in [9.17, 15) is 18.3 Å². The highest BCUT2D eigenvalue weighted by molar-refractivity contribution is 5.94. The van der Waals surface area contributed by atoms with E-state index < -0.39 is 6.36 Å². The number of aromatic nitrogens is 1. The molecule has 7 heteroatoms. The van der Waals surface area contributed by atoms with Gasteiger partial charge in [-0.3, -0.25) is 0 Å². The van der Waals surface area contributed by atoms with Crippen molar-refractivity contribution in [3.8, 4) is 28.7 Å². The van der Waals surface area contributed by atoms with E-state index in [1.54, 1.807) is 18.3 Å². The summed E-state index contributed by atoms with van der Waals surface area (Å²) >= 11 is 0. The summed E-state index contributed by atoms with van der Waals surface area (Å²) in [7, 11) is 0. The van der Waals surface area contributed by atoms with Crippen molar-refractivity contribution in [1.82, 2.24) is 4.98 Å². The molecule has 0 radical (unpaired) electrons. The number of halogens is 3. The first-order chi connectivity index (χ1) is 11.4. The lowest BCUT2D eigenvalue weighted by Gasteiger charge is -2.10. The molecule has 3 aromatic rings. The Morgan fingerprint density at radius 1 is 1.12 bits per heavy atom. The van der Waals surface area contributed by atoms with Gasteiger partial charge in [-0.1, -0.05) is 18.2 Å². The SMILES string of the molecule is N#CCc1c[nH]c2c(O)c(-c3ccc(OC(F)(F)F)cc3)ccc12. The third-order valence-electron chi connectivity index (χ3n) is 3.58. The van der Waals surface area contributed by atoms with Gasteiger partial charge in [-0.05, 0) is 29.3 Å². The van der Waals surface area contributed by atoms with Gasteiger partial charge in [-0.2, -0.15) is 5.26 Å². The predicted molar refractivity (Wildman–Crippen MR) is 81.4 cm³/mol. The normalized spacial score (nSPS) is 11.4. The molecule has 2 aromatic carbocycles. The zero-order valence-electron chi connectivity index (χ0n) is 12.2. The fourth-order valence-corrected chi connectivity index (χ4v) is 2.54. The van der Waals surface area contributed by atoms with Gasteiger partial charge in [0.2, 0.25) is 0 Å². The number of nitrogens with zero attached hydrogens (tertiary/aromatic N) is 1. The number of phenols is 1. The van der Waals surface area contributed by atoms with E-state index in [1.807, 2.05) is 6.07 Å². The van der Waals surface area contributed by atoms with Crippen LogP contribution in [-0.4, -0.2) is 16.5 Å². The molecule has 1 aromatic heterocycles. The van der Waals surface area contributed by atoms with E-state index in [0.717, 1.165) is 10.9 Å². The number of phenolic OH excluding ortho intramolecular Hbond substituents is 1. The summed E-state index contributed by atoms with van der Waals surface area (Å²) in [5.41, 5.74) is 2.25. The van der Waals surface area contributed by atoms with Gasteiger partial charge < -0.3 is 14.8 Å². The van der Waals surface area contributed by atoms with Crippen LogP contribution in [0.4, 0.5) is 13.2 Å². The second kappa shape index (κ2) is 5.81. The largest absolute Gasteiger partial charge is 0.573 e. The zero-order chi connectivity index (χ0) is 17.3. The molecule has 4 nitrogen and oxygen atoms in total. The van der Waals surface area contributed by atoms with E-state index in [2.05, 4.69) is 9.72 Å². The molecule has 0 saturated heterocycles. The maximum absolute atomic E-state index is 12.2. The van der Waals surface area contributed by atoms with Gasteiger partial charge in [-0.25, -0.2) is 0 Å². The number of fused-ring (bicyclic) bond motifs is 1. The summed E-state index contributed by atoms with van der Waals surface area (Å²) in [5.74, 6) is -0.357. The van der Waals surface area contributed by atoms with Crippen molar-refractivity contribution in [2.24, 2.45) is 0 Å². The van der Waals surface area contributed by atoms with Crippen molar-refractivity contribution in [2.75, 3.05) is 0 Å². The first-order valence-corrected chi connectivity index (χ1v) is 6.94. The standard InChI is InChI=1S/C17H11F3N2O2/c18-17(19,20)24-12-3-1-10(2-4-12)14-6-5-13-11(7-8-21)9-22-15(13)16(14)23/h1-6,9,22-23H,7H2. The average Bonchev–Trinajstić information content (AvgIpc) is 2.92. The van der Waals surface area contributed by atoms with Crippen LogP contribution in [0.5, 0.6) is 11.5 Å². The predicted octanol–water partition coefficient (Wildman–Crippen LogP) is 4.51. The lowest BCUT2D eigenvalue weighted by Crippen LogP contribution is -2.16.